The van der Waals surface area contributed by atoms with Gasteiger partial charge in [-0.05, 0) is 36.1 Å². The van der Waals surface area contributed by atoms with Gasteiger partial charge in [-0.1, -0.05) is 37.3 Å². The fraction of sp³-hybridized carbons (Fsp3) is 0.200. The molecule has 3 nitrogen and oxygen atoms in total. The number of rotatable bonds is 3. The van der Waals surface area contributed by atoms with Gasteiger partial charge in [-0.3, -0.25) is 10.1 Å². The molecule has 2 aromatic rings. The van der Waals surface area contributed by atoms with Crippen LogP contribution in [0.25, 0.3) is 11.1 Å². The van der Waals surface area contributed by atoms with Crippen LogP contribution in [0, 0.1) is 17.0 Å². The molecule has 0 aliphatic rings. The third-order valence-electron chi connectivity index (χ3n) is 3.02. The van der Waals surface area contributed by atoms with Crippen LogP contribution in [0.5, 0.6) is 0 Å². The SMILES string of the molecule is CCc1ccc(-c2ccc(C)cc2[N+](=O)[O-])cc1. The van der Waals surface area contributed by atoms with E-state index in [1.54, 1.807) is 6.07 Å². The molecule has 0 unspecified atom stereocenters. The number of benzene rings is 2. The molecule has 92 valence electrons. The van der Waals surface area contributed by atoms with Gasteiger partial charge in [0.25, 0.3) is 5.69 Å². The number of aryl methyl sites for hydroxylation is 2. The molecule has 0 radical (unpaired) electrons. The van der Waals surface area contributed by atoms with E-state index >= 15 is 0 Å². The van der Waals surface area contributed by atoms with Crippen LogP contribution in [0.15, 0.2) is 42.5 Å². The fourth-order valence-electron chi connectivity index (χ4n) is 1.96. The molecule has 0 aliphatic carbocycles. The van der Waals surface area contributed by atoms with Crippen LogP contribution >= 0.6 is 0 Å². The van der Waals surface area contributed by atoms with Crippen molar-refractivity contribution in [3.8, 4) is 11.1 Å². The highest BCUT2D eigenvalue weighted by Gasteiger charge is 2.14. The Bertz CT molecular complexity index is 574. The zero-order valence-electron chi connectivity index (χ0n) is 10.5. The molecule has 0 atom stereocenters. The quantitative estimate of drug-likeness (QED) is 0.599. The normalized spacial score (nSPS) is 10.3. The predicted molar refractivity (Wildman–Crippen MR) is 72.6 cm³/mol. The van der Waals surface area contributed by atoms with Gasteiger partial charge in [0.15, 0.2) is 0 Å². The van der Waals surface area contributed by atoms with E-state index in [0.717, 1.165) is 17.5 Å². The minimum atomic E-state index is -0.323. The second-order valence-electron chi connectivity index (χ2n) is 4.33. The average molecular weight is 241 g/mol. The summed E-state index contributed by atoms with van der Waals surface area (Å²) < 4.78 is 0. The van der Waals surface area contributed by atoms with Crippen LogP contribution in [0.2, 0.25) is 0 Å². The van der Waals surface area contributed by atoms with Crippen molar-refractivity contribution in [2.75, 3.05) is 0 Å². The standard InChI is InChI=1S/C15H15NO2/c1-3-12-5-7-13(8-6-12)14-9-4-11(2)10-15(14)16(17)18/h4-10H,3H2,1-2H3. The Morgan fingerprint density at radius 2 is 1.78 bits per heavy atom. The van der Waals surface area contributed by atoms with E-state index in [2.05, 4.69) is 6.92 Å². The van der Waals surface area contributed by atoms with Crippen LogP contribution in [0.3, 0.4) is 0 Å². The van der Waals surface area contributed by atoms with Gasteiger partial charge in [-0.2, -0.15) is 0 Å². The van der Waals surface area contributed by atoms with Crippen LogP contribution in [-0.2, 0) is 6.42 Å². The van der Waals surface area contributed by atoms with Crippen molar-refractivity contribution in [2.45, 2.75) is 20.3 Å². The maximum atomic E-state index is 11.1. The number of hydrogen-bond donors (Lipinski definition) is 0. The molecule has 0 amide bonds. The molecule has 0 saturated heterocycles. The average Bonchev–Trinajstić information content (AvgIpc) is 2.39. The summed E-state index contributed by atoms with van der Waals surface area (Å²) in [5.41, 5.74) is 3.86. The number of nitrogens with zero attached hydrogens (tertiary/aromatic N) is 1. The first-order valence-electron chi connectivity index (χ1n) is 5.96. The Kier molecular flexibility index (Phi) is 3.42. The summed E-state index contributed by atoms with van der Waals surface area (Å²) in [7, 11) is 0. The largest absolute Gasteiger partial charge is 0.277 e. The first-order chi connectivity index (χ1) is 8.61. The lowest BCUT2D eigenvalue weighted by Crippen LogP contribution is -1.93. The zero-order chi connectivity index (χ0) is 13.1. The first kappa shape index (κ1) is 12.3. The van der Waals surface area contributed by atoms with Crippen molar-refractivity contribution in [3.05, 3.63) is 63.7 Å². The topological polar surface area (TPSA) is 43.1 Å². The van der Waals surface area contributed by atoms with Crippen LogP contribution in [-0.4, -0.2) is 4.92 Å². The highest BCUT2D eigenvalue weighted by Crippen LogP contribution is 2.30. The van der Waals surface area contributed by atoms with E-state index in [-0.39, 0.29) is 10.6 Å². The van der Waals surface area contributed by atoms with E-state index in [1.807, 2.05) is 43.3 Å². The summed E-state index contributed by atoms with van der Waals surface area (Å²) in [5.74, 6) is 0. The minimum Gasteiger partial charge on any atom is -0.258 e. The Labute approximate surface area is 106 Å². The smallest absolute Gasteiger partial charge is 0.258 e. The van der Waals surface area contributed by atoms with Gasteiger partial charge in [0.1, 0.15) is 0 Å². The van der Waals surface area contributed by atoms with Crippen LogP contribution in [0.1, 0.15) is 18.1 Å². The zero-order valence-corrected chi connectivity index (χ0v) is 10.5. The molecule has 2 aromatic carbocycles. The van der Waals surface area contributed by atoms with Gasteiger partial charge in [-0.25, -0.2) is 0 Å². The van der Waals surface area contributed by atoms with Gasteiger partial charge in [0.2, 0.25) is 0 Å². The Morgan fingerprint density at radius 3 is 2.33 bits per heavy atom. The molecule has 18 heavy (non-hydrogen) atoms. The van der Waals surface area contributed by atoms with E-state index in [9.17, 15) is 10.1 Å². The van der Waals surface area contributed by atoms with Crippen LogP contribution < -0.4 is 0 Å². The lowest BCUT2D eigenvalue weighted by molar-refractivity contribution is -0.384. The minimum absolute atomic E-state index is 0.166. The summed E-state index contributed by atoms with van der Waals surface area (Å²) >= 11 is 0. The molecule has 0 spiro atoms. The predicted octanol–water partition coefficient (Wildman–Crippen LogP) is 4.13. The molecule has 3 heteroatoms. The third-order valence-corrected chi connectivity index (χ3v) is 3.02. The first-order valence-corrected chi connectivity index (χ1v) is 5.96. The molecule has 0 N–H and O–H groups in total. The molecular weight excluding hydrogens is 226 g/mol. The van der Waals surface area contributed by atoms with Gasteiger partial charge >= 0.3 is 0 Å². The Morgan fingerprint density at radius 1 is 1.11 bits per heavy atom. The molecule has 0 bridgehead atoms. The number of nitro benzene ring substituents is 1. The van der Waals surface area contributed by atoms with Gasteiger partial charge in [0, 0.05) is 6.07 Å². The van der Waals surface area contributed by atoms with Gasteiger partial charge < -0.3 is 0 Å². The van der Waals surface area contributed by atoms with Crippen molar-refractivity contribution in [2.24, 2.45) is 0 Å². The van der Waals surface area contributed by atoms with Crippen molar-refractivity contribution in [1.29, 1.82) is 0 Å². The molecule has 0 heterocycles. The number of nitro groups is 1. The Balaban J connectivity index is 2.52. The maximum Gasteiger partial charge on any atom is 0.277 e. The van der Waals surface area contributed by atoms with E-state index in [0.29, 0.717) is 5.56 Å². The second kappa shape index (κ2) is 5.00. The van der Waals surface area contributed by atoms with Crippen molar-refractivity contribution in [1.82, 2.24) is 0 Å². The van der Waals surface area contributed by atoms with E-state index in [1.165, 1.54) is 5.56 Å². The molecule has 0 fully saturated rings. The summed E-state index contributed by atoms with van der Waals surface area (Å²) in [6.45, 7) is 3.94. The number of hydrogen-bond acceptors (Lipinski definition) is 2. The second-order valence-corrected chi connectivity index (χ2v) is 4.33. The van der Waals surface area contributed by atoms with Gasteiger partial charge in [0.05, 0.1) is 10.5 Å². The molecule has 0 saturated carbocycles. The van der Waals surface area contributed by atoms with Gasteiger partial charge in [-0.15, -0.1) is 0 Å². The van der Waals surface area contributed by atoms with Crippen molar-refractivity contribution >= 4 is 5.69 Å². The lowest BCUT2D eigenvalue weighted by Gasteiger charge is -2.05. The molecule has 0 aliphatic heterocycles. The monoisotopic (exact) mass is 241 g/mol. The molecule has 2 rings (SSSR count). The summed E-state index contributed by atoms with van der Waals surface area (Å²) in [4.78, 5) is 10.8. The van der Waals surface area contributed by atoms with E-state index < -0.39 is 0 Å². The van der Waals surface area contributed by atoms with Crippen molar-refractivity contribution in [3.63, 3.8) is 0 Å². The molecular formula is C15H15NO2. The molecule has 0 aromatic heterocycles. The summed E-state index contributed by atoms with van der Waals surface area (Å²) in [6, 6.07) is 13.2. The highest BCUT2D eigenvalue weighted by atomic mass is 16.6. The van der Waals surface area contributed by atoms with Crippen molar-refractivity contribution < 1.29 is 4.92 Å². The fourth-order valence-corrected chi connectivity index (χ4v) is 1.96. The van der Waals surface area contributed by atoms with Crippen LogP contribution in [0.4, 0.5) is 5.69 Å². The summed E-state index contributed by atoms with van der Waals surface area (Å²) in [5, 5.41) is 11.1. The maximum absolute atomic E-state index is 11.1. The third kappa shape index (κ3) is 2.40. The highest BCUT2D eigenvalue weighted by molar-refractivity contribution is 5.74. The van der Waals surface area contributed by atoms with E-state index in [4.69, 9.17) is 0 Å². The lowest BCUT2D eigenvalue weighted by atomic mass is 10.0. The summed E-state index contributed by atoms with van der Waals surface area (Å²) in [6.07, 6.45) is 0.969. The Hall–Kier alpha value is -2.16.